The minimum Gasteiger partial charge on any atom is -0.366 e. The van der Waals surface area contributed by atoms with E-state index in [1.807, 2.05) is 18.2 Å². The topological polar surface area (TPSA) is 47.6 Å². The number of nitrogens with zero attached hydrogens (tertiary/aromatic N) is 5. The third kappa shape index (κ3) is 3.36. The number of likely N-dealkylation sites (N-methyl/N-ethyl adjacent to an activating group) is 1. The number of rotatable bonds is 7. The molecule has 0 atom stereocenters. The number of nitriles is 1. The summed E-state index contributed by atoms with van der Waals surface area (Å²) in [4.78, 5) is 9.66. The molecule has 0 spiro atoms. The summed E-state index contributed by atoms with van der Waals surface area (Å²) in [5, 5.41) is 9.97. The molecule has 4 rings (SSSR count). The van der Waals surface area contributed by atoms with Gasteiger partial charge in [-0.15, -0.1) is 0 Å². The summed E-state index contributed by atoms with van der Waals surface area (Å²) in [6, 6.07) is 9.13. The largest absolute Gasteiger partial charge is 0.366 e. The number of pyridine rings is 1. The van der Waals surface area contributed by atoms with Crippen LogP contribution in [-0.2, 0) is 6.42 Å². The van der Waals surface area contributed by atoms with Crippen LogP contribution in [0.3, 0.4) is 0 Å². The van der Waals surface area contributed by atoms with E-state index < -0.39 is 0 Å². The quantitative estimate of drug-likeness (QED) is 0.557. The third-order valence-electron chi connectivity index (χ3n) is 6.41. The number of fused-ring (bicyclic) bond motifs is 3. The SMILES string of the molecule is CCCCCCc1c(C)c(C#N)c2nc3ccccn3c2c1N1CC(N(C)C)C1. The van der Waals surface area contributed by atoms with Crippen LogP contribution >= 0.6 is 0 Å². The van der Waals surface area contributed by atoms with Crippen LogP contribution in [-0.4, -0.2) is 47.5 Å². The Balaban J connectivity index is 1.91. The van der Waals surface area contributed by atoms with Gasteiger partial charge in [0.15, 0.2) is 0 Å². The molecule has 152 valence electrons. The lowest BCUT2D eigenvalue weighted by atomic mass is 9.92. The van der Waals surface area contributed by atoms with Crippen LogP contribution in [0.15, 0.2) is 24.4 Å². The number of imidazole rings is 1. The van der Waals surface area contributed by atoms with Gasteiger partial charge in [-0.25, -0.2) is 4.98 Å². The summed E-state index contributed by atoms with van der Waals surface area (Å²) < 4.78 is 2.17. The van der Waals surface area contributed by atoms with Crippen LogP contribution in [0.1, 0.15) is 49.3 Å². The zero-order chi connectivity index (χ0) is 20.5. The van der Waals surface area contributed by atoms with Gasteiger partial charge >= 0.3 is 0 Å². The first-order chi connectivity index (χ1) is 14.1. The molecular formula is C24H31N5. The highest BCUT2D eigenvalue weighted by molar-refractivity contribution is 5.99. The standard InChI is InChI=1S/C24H31N5/c1-5-6-7-8-11-19-17(2)20(14-25)22-24(29-13-10-9-12-21(29)26-22)23(19)28-15-18(16-28)27(3)4/h9-10,12-13,18H,5-8,11,15-16H2,1-4H3. The molecule has 3 heterocycles. The summed E-state index contributed by atoms with van der Waals surface area (Å²) in [7, 11) is 4.31. The van der Waals surface area contributed by atoms with Crippen LogP contribution in [0, 0.1) is 18.3 Å². The number of benzene rings is 1. The Bertz CT molecular complexity index is 1070. The zero-order valence-electron chi connectivity index (χ0n) is 18.1. The van der Waals surface area contributed by atoms with Gasteiger partial charge in [-0.2, -0.15) is 5.26 Å². The zero-order valence-corrected chi connectivity index (χ0v) is 18.1. The second kappa shape index (κ2) is 8.04. The van der Waals surface area contributed by atoms with Crippen LogP contribution in [0.5, 0.6) is 0 Å². The molecule has 0 radical (unpaired) electrons. The van der Waals surface area contributed by atoms with E-state index in [0.29, 0.717) is 6.04 Å². The van der Waals surface area contributed by atoms with Crippen LogP contribution in [0.2, 0.25) is 0 Å². The van der Waals surface area contributed by atoms with Crippen molar-refractivity contribution in [1.29, 1.82) is 5.26 Å². The van der Waals surface area contributed by atoms with Crippen molar-refractivity contribution in [2.45, 2.75) is 52.0 Å². The smallest absolute Gasteiger partial charge is 0.138 e. The monoisotopic (exact) mass is 389 g/mol. The molecule has 3 aromatic rings. The van der Waals surface area contributed by atoms with Gasteiger partial charge in [-0.3, -0.25) is 4.40 Å². The number of hydrogen-bond donors (Lipinski definition) is 0. The van der Waals surface area contributed by atoms with Crippen molar-refractivity contribution < 1.29 is 0 Å². The molecular weight excluding hydrogens is 358 g/mol. The summed E-state index contributed by atoms with van der Waals surface area (Å²) in [6.45, 7) is 6.41. The van der Waals surface area contributed by atoms with Gasteiger partial charge in [0, 0.05) is 25.3 Å². The summed E-state index contributed by atoms with van der Waals surface area (Å²) >= 11 is 0. The molecule has 1 aliphatic heterocycles. The van der Waals surface area contributed by atoms with Crippen molar-refractivity contribution in [3.05, 3.63) is 41.1 Å². The highest BCUT2D eigenvalue weighted by Gasteiger charge is 2.33. The Morgan fingerprint density at radius 3 is 2.69 bits per heavy atom. The molecule has 5 heteroatoms. The molecule has 5 nitrogen and oxygen atoms in total. The van der Waals surface area contributed by atoms with E-state index in [-0.39, 0.29) is 0 Å². The van der Waals surface area contributed by atoms with Crippen molar-refractivity contribution in [3.8, 4) is 6.07 Å². The molecule has 0 aliphatic carbocycles. The second-order valence-corrected chi connectivity index (χ2v) is 8.51. The molecule has 2 aromatic heterocycles. The van der Waals surface area contributed by atoms with Gasteiger partial charge in [0.1, 0.15) is 17.2 Å². The molecule has 0 saturated carbocycles. The Morgan fingerprint density at radius 2 is 2.00 bits per heavy atom. The second-order valence-electron chi connectivity index (χ2n) is 8.51. The molecule has 1 fully saturated rings. The lowest BCUT2D eigenvalue weighted by Crippen LogP contribution is -2.57. The molecule has 1 saturated heterocycles. The minimum absolute atomic E-state index is 0.577. The molecule has 1 aliphatic rings. The van der Waals surface area contributed by atoms with Gasteiger partial charge in [0.2, 0.25) is 0 Å². The van der Waals surface area contributed by atoms with E-state index in [4.69, 9.17) is 4.98 Å². The van der Waals surface area contributed by atoms with Crippen LogP contribution in [0.25, 0.3) is 16.7 Å². The molecule has 0 bridgehead atoms. The Kier molecular flexibility index (Phi) is 5.47. The van der Waals surface area contributed by atoms with E-state index in [0.717, 1.165) is 47.3 Å². The maximum absolute atomic E-state index is 9.97. The molecule has 0 unspecified atom stereocenters. The van der Waals surface area contributed by atoms with E-state index in [2.05, 4.69) is 54.4 Å². The number of anilines is 1. The van der Waals surface area contributed by atoms with Gasteiger partial charge < -0.3 is 9.80 Å². The van der Waals surface area contributed by atoms with Crippen LogP contribution in [0.4, 0.5) is 5.69 Å². The minimum atomic E-state index is 0.577. The average molecular weight is 390 g/mol. The lowest BCUT2D eigenvalue weighted by molar-refractivity contribution is 0.247. The highest BCUT2D eigenvalue weighted by Crippen LogP contribution is 2.40. The Morgan fingerprint density at radius 1 is 1.21 bits per heavy atom. The molecule has 0 N–H and O–H groups in total. The Labute approximate surface area is 173 Å². The highest BCUT2D eigenvalue weighted by atomic mass is 15.3. The predicted molar refractivity (Wildman–Crippen MR) is 120 cm³/mol. The van der Waals surface area contributed by atoms with Gasteiger partial charge in [0.05, 0.1) is 16.8 Å². The van der Waals surface area contributed by atoms with Crippen molar-refractivity contribution in [1.82, 2.24) is 14.3 Å². The third-order valence-corrected chi connectivity index (χ3v) is 6.41. The van der Waals surface area contributed by atoms with Gasteiger partial charge in [-0.05, 0) is 57.1 Å². The van der Waals surface area contributed by atoms with Crippen molar-refractivity contribution >= 4 is 22.4 Å². The summed E-state index contributed by atoms with van der Waals surface area (Å²) in [5.41, 5.74) is 7.35. The predicted octanol–water partition coefficient (Wildman–Crippen LogP) is 4.54. The molecule has 0 amide bonds. The normalized spacial score (nSPS) is 14.7. The maximum Gasteiger partial charge on any atom is 0.138 e. The first-order valence-electron chi connectivity index (χ1n) is 10.8. The van der Waals surface area contributed by atoms with Crippen molar-refractivity contribution in [2.75, 3.05) is 32.1 Å². The fraction of sp³-hybridized carbons (Fsp3) is 0.500. The van der Waals surface area contributed by atoms with E-state index in [9.17, 15) is 5.26 Å². The van der Waals surface area contributed by atoms with E-state index >= 15 is 0 Å². The van der Waals surface area contributed by atoms with Crippen LogP contribution < -0.4 is 4.90 Å². The van der Waals surface area contributed by atoms with Gasteiger partial charge in [-0.1, -0.05) is 32.3 Å². The fourth-order valence-electron chi connectivity index (χ4n) is 4.52. The summed E-state index contributed by atoms with van der Waals surface area (Å²) in [5.74, 6) is 0. The van der Waals surface area contributed by atoms with Crippen molar-refractivity contribution in [2.24, 2.45) is 0 Å². The summed E-state index contributed by atoms with van der Waals surface area (Å²) in [6.07, 6.45) is 8.01. The maximum atomic E-state index is 9.97. The Hall–Kier alpha value is -2.58. The number of aromatic nitrogens is 2. The molecule has 29 heavy (non-hydrogen) atoms. The first kappa shape index (κ1) is 19.7. The molecule has 1 aromatic carbocycles. The van der Waals surface area contributed by atoms with E-state index in [1.54, 1.807) is 0 Å². The fourth-order valence-corrected chi connectivity index (χ4v) is 4.52. The number of hydrogen-bond acceptors (Lipinski definition) is 4. The average Bonchev–Trinajstić information content (AvgIpc) is 3.04. The van der Waals surface area contributed by atoms with E-state index in [1.165, 1.54) is 36.9 Å². The van der Waals surface area contributed by atoms with Gasteiger partial charge in [0.25, 0.3) is 0 Å². The first-order valence-corrected chi connectivity index (χ1v) is 10.8. The lowest BCUT2D eigenvalue weighted by Gasteiger charge is -2.45. The van der Waals surface area contributed by atoms with Crippen molar-refractivity contribution in [3.63, 3.8) is 0 Å². The number of unbranched alkanes of at least 4 members (excludes halogenated alkanes) is 3.